The summed E-state index contributed by atoms with van der Waals surface area (Å²) in [6, 6.07) is 11.5. The summed E-state index contributed by atoms with van der Waals surface area (Å²) in [6.07, 6.45) is 10.6. The number of piperidine rings is 1. The fraction of sp³-hybridized carbons (Fsp3) is 0.227. The van der Waals surface area contributed by atoms with Gasteiger partial charge in [-0.3, -0.25) is 14.8 Å². The average molecular weight is 384 g/mol. The van der Waals surface area contributed by atoms with E-state index < -0.39 is 0 Å². The lowest BCUT2D eigenvalue weighted by Gasteiger charge is -2.30. The highest BCUT2D eigenvalue weighted by Gasteiger charge is 2.27. The van der Waals surface area contributed by atoms with Gasteiger partial charge >= 0.3 is 0 Å². The van der Waals surface area contributed by atoms with E-state index in [4.69, 9.17) is 10.1 Å². The molecule has 0 unspecified atom stereocenters. The van der Waals surface area contributed by atoms with E-state index in [1.807, 2.05) is 33.8 Å². The number of likely N-dealkylation sites (tertiary alicyclic amines) is 1. The molecule has 0 saturated carbocycles. The van der Waals surface area contributed by atoms with Crippen molar-refractivity contribution in [1.82, 2.24) is 29.5 Å². The quantitative estimate of drug-likeness (QED) is 0.542. The monoisotopic (exact) mass is 384 g/mol. The van der Waals surface area contributed by atoms with Gasteiger partial charge in [-0.05, 0) is 54.8 Å². The molecule has 7 nitrogen and oxygen atoms in total. The molecule has 1 fully saturated rings. The summed E-state index contributed by atoms with van der Waals surface area (Å²) in [6.45, 7) is 1.42. The van der Waals surface area contributed by atoms with E-state index >= 15 is 0 Å². The summed E-state index contributed by atoms with van der Waals surface area (Å²) in [5, 5.41) is 4.73. The van der Waals surface area contributed by atoms with Crippen LogP contribution in [-0.2, 0) is 0 Å². The van der Waals surface area contributed by atoms with Crippen molar-refractivity contribution in [1.29, 1.82) is 0 Å². The van der Waals surface area contributed by atoms with Gasteiger partial charge in [0.05, 0.1) is 0 Å². The van der Waals surface area contributed by atoms with E-state index in [-0.39, 0.29) is 11.8 Å². The van der Waals surface area contributed by atoms with Crippen molar-refractivity contribution in [3.05, 3.63) is 78.8 Å². The second-order valence-electron chi connectivity index (χ2n) is 7.23. The van der Waals surface area contributed by atoms with Gasteiger partial charge < -0.3 is 4.90 Å². The molecule has 29 heavy (non-hydrogen) atoms. The molecule has 5 rings (SSSR count). The van der Waals surface area contributed by atoms with E-state index in [1.165, 1.54) is 0 Å². The zero-order chi connectivity index (χ0) is 19.6. The van der Waals surface area contributed by atoms with Crippen molar-refractivity contribution >= 4 is 11.6 Å². The van der Waals surface area contributed by atoms with Gasteiger partial charge in [0, 0.05) is 61.1 Å². The topological polar surface area (TPSA) is 76.3 Å². The molecule has 0 aliphatic carbocycles. The van der Waals surface area contributed by atoms with E-state index in [1.54, 1.807) is 36.9 Å². The average Bonchev–Trinajstić information content (AvgIpc) is 3.23. The highest BCUT2D eigenvalue weighted by molar-refractivity contribution is 5.94. The van der Waals surface area contributed by atoms with Gasteiger partial charge in [0.25, 0.3) is 5.91 Å². The molecule has 1 saturated heterocycles. The van der Waals surface area contributed by atoms with Crippen molar-refractivity contribution in [2.45, 2.75) is 18.8 Å². The van der Waals surface area contributed by atoms with Crippen molar-refractivity contribution in [3.8, 4) is 11.1 Å². The minimum absolute atomic E-state index is 0.0656. The third-order valence-electron chi connectivity index (χ3n) is 5.44. The maximum absolute atomic E-state index is 12.6. The molecule has 1 amide bonds. The van der Waals surface area contributed by atoms with E-state index in [9.17, 15) is 4.79 Å². The van der Waals surface area contributed by atoms with Gasteiger partial charge in [-0.2, -0.15) is 5.10 Å². The van der Waals surface area contributed by atoms with Crippen LogP contribution in [0.4, 0.5) is 0 Å². The molecular formula is C22H20N6O. The summed E-state index contributed by atoms with van der Waals surface area (Å²) >= 11 is 0. The smallest absolute Gasteiger partial charge is 0.253 e. The number of rotatable bonds is 3. The van der Waals surface area contributed by atoms with Crippen LogP contribution in [0, 0.1) is 0 Å². The maximum Gasteiger partial charge on any atom is 0.253 e. The third kappa shape index (κ3) is 3.47. The van der Waals surface area contributed by atoms with Gasteiger partial charge in [0.15, 0.2) is 11.5 Å². The predicted octanol–water partition coefficient (Wildman–Crippen LogP) is 3.21. The molecule has 0 bridgehead atoms. The van der Waals surface area contributed by atoms with Gasteiger partial charge in [-0.25, -0.2) is 9.50 Å². The molecule has 0 spiro atoms. The van der Waals surface area contributed by atoms with Crippen LogP contribution in [0.15, 0.2) is 67.4 Å². The fourth-order valence-corrected chi connectivity index (χ4v) is 3.81. The second-order valence-corrected chi connectivity index (χ2v) is 7.23. The summed E-state index contributed by atoms with van der Waals surface area (Å²) in [5.74, 6) is 1.18. The Bertz CT molecular complexity index is 1130. The largest absolute Gasteiger partial charge is 0.339 e. The Balaban J connectivity index is 1.31. The molecule has 0 atom stereocenters. The highest BCUT2D eigenvalue weighted by atomic mass is 16.2. The van der Waals surface area contributed by atoms with Crippen LogP contribution in [0.25, 0.3) is 16.8 Å². The SMILES string of the molecule is O=C(c1ccncc1)N1CCC(c2nc3ccc(-c4ccncc4)cn3n2)CC1. The van der Waals surface area contributed by atoms with Gasteiger partial charge in [-0.15, -0.1) is 0 Å². The summed E-state index contributed by atoms with van der Waals surface area (Å²) in [4.78, 5) is 27.3. The van der Waals surface area contributed by atoms with E-state index in [0.717, 1.165) is 35.4 Å². The molecule has 4 aromatic rings. The van der Waals surface area contributed by atoms with E-state index in [0.29, 0.717) is 18.7 Å². The van der Waals surface area contributed by atoms with Crippen LogP contribution in [0.2, 0.25) is 0 Å². The number of aromatic nitrogens is 5. The lowest BCUT2D eigenvalue weighted by Crippen LogP contribution is -2.38. The Hall–Kier alpha value is -3.61. The lowest BCUT2D eigenvalue weighted by molar-refractivity contribution is 0.0711. The van der Waals surface area contributed by atoms with Crippen LogP contribution < -0.4 is 0 Å². The minimum Gasteiger partial charge on any atom is -0.339 e. The molecule has 7 heteroatoms. The first-order chi connectivity index (χ1) is 14.3. The van der Waals surface area contributed by atoms with Gasteiger partial charge in [0.1, 0.15) is 0 Å². The minimum atomic E-state index is 0.0656. The number of carbonyl (C=O) groups is 1. The Morgan fingerprint density at radius 2 is 1.55 bits per heavy atom. The number of hydrogen-bond donors (Lipinski definition) is 0. The summed E-state index contributed by atoms with van der Waals surface area (Å²) in [7, 11) is 0. The Labute approximate surface area is 168 Å². The fourth-order valence-electron chi connectivity index (χ4n) is 3.81. The van der Waals surface area contributed by atoms with Crippen LogP contribution in [0.5, 0.6) is 0 Å². The molecule has 0 aromatic carbocycles. The summed E-state index contributed by atoms with van der Waals surface area (Å²) in [5.41, 5.74) is 3.71. The van der Waals surface area contributed by atoms with Crippen molar-refractivity contribution < 1.29 is 4.79 Å². The molecule has 1 aliphatic rings. The normalized spacial score (nSPS) is 15.0. The first kappa shape index (κ1) is 17.5. The Morgan fingerprint density at radius 3 is 2.28 bits per heavy atom. The summed E-state index contributed by atoms with van der Waals surface area (Å²) < 4.78 is 1.85. The zero-order valence-corrected chi connectivity index (χ0v) is 15.8. The van der Waals surface area contributed by atoms with Crippen LogP contribution in [0.3, 0.4) is 0 Å². The van der Waals surface area contributed by atoms with Crippen molar-refractivity contribution in [3.63, 3.8) is 0 Å². The van der Waals surface area contributed by atoms with Crippen LogP contribution in [-0.4, -0.2) is 48.5 Å². The molecule has 0 N–H and O–H groups in total. The predicted molar refractivity (Wildman–Crippen MR) is 108 cm³/mol. The van der Waals surface area contributed by atoms with Gasteiger partial charge in [0.2, 0.25) is 0 Å². The highest BCUT2D eigenvalue weighted by Crippen LogP contribution is 2.27. The molecular weight excluding hydrogens is 364 g/mol. The van der Waals surface area contributed by atoms with Crippen LogP contribution in [0.1, 0.15) is 34.9 Å². The van der Waals surface area contributed by atoms with E-state index in [2.05, 4.69) is 16.0 Å². The van der Waals surface area contributed by atoms with Crippen molar-refractivity contribution in [2.75, 3.05) is 13.1 Å². The first-order valence-electron chi connectivity index (χ1n) is 9.74. The lowest BCUT2D eigenvalue weighted by atomic mass is 9.96. The zero-order valence-electron chi connectivity index (χ0n) is 15.8. The maximum atomic E-state index is 12.6. The Morgan fingerprint density at radius 1 is 0.862 bits per heavy atom. The number of pyridine rings is 3. The standard InChI is InChI=1S/C22H20N6O/c29-22(18-5-11-24-12-6-18)27-13-7-17(8-14-27)21-25-20-2-1-19(15-28(20)26-21)16-3-9-23-10-4-16/h1-6,9-12,15,17H,7-8,13-14H2. The second kappa shape index (κ2) is 7.43. The number of fused-ring (bicyclic) bond motifs is 1. The number of amides is 1. The first-order valence-corrected chi connectivity index (χ1v) is 9.74. The molecule has 144 valence electrons. The molecule has 5 heterocycles. The van der Waals surface area contributed by atoms with Gasteiger partial charge in [-0.1, -0.05) is 0 Å². The third-order valence-corrected chi connectivity index (χ3v) is 5.44. The Kier molecular flexibility index (Phi) is 4.48. The molecule has 1 aliphatic heterocycles. The number of hydrogen-bond acceptors (Lipinski definition) is 5. The molecule has 0 radical (unpaired) electrons. The number of carbonyl (C=O) groups excluding carboxylic acids is 1. The van der Waals surface area contributed by atoms with Crippen molar-refractivity contribution in [2.24, 2.45) is 0 Å². The molecule has 4 aromatic heterocycles. The number of nitrogens with zero attached hydrogens (tertiary/aromatic N) is 6. The van der Waals surface area contributed by atoms with Crippen LogP contribution >= 0.6 is 0 Å².